The minimum Gasteiger partial charge on any atom is -0.456 e. The monoisotopic (exact) mass is 1030 g/mol. The summed E-state index contributed by atoms with van der Waals surface area (Å²) in [5, 5.41) is 20.7. The molecule has 412 valence electrons. The van der Waals surface area contributed by atoms with Gasteiger partial charge in [0, 0.05) is 52.0 Å². The zero-order chi connectivity index (χ0) is 56.0. The lowest BCUT2D eigenvalue weighted by Crippen LogP contribution is -2.60. The normalized spacial score (nSPS) is 24.9. The predicted molar refractivity (Wildman–Crippen MR) is 282 cm³/mol. The lowest BCUT2D eigenvalue weighted by atomic mass is 9.90. The maximum Gasteiger partial charge on any atom is 0.409 e. The van der Waals surface area contributed by atoms with E-state index in [-0.39, 0.29) is 30.8 Å². The van der Waals surface area contributed by atoms with Crippen molar-refractivity contribution < 1.29 is 52.6 Å². The van der Waals surface area contributed by atoms with Crippen LogP contribution in [0.2, 0.25) is 0 Å². The Balaban J connectivity index is 2.76. The van der Waals surface area contributed by atoms with Crippen LogP contribution in [0.4, 0.5) is 4.79 Å². The van der Waals surface area contributed by atoms with Gasteiger partial charge in [0.25, 0.3) is 5.91 Å². The number of carbonyl (C=O) groups excluding carboxylic acids is 8. The maximum absolute atomic E-state index is 14.4. The van der Waals surface area contributed by atoms with Crippen LogP contribution < -0.4 is 21.3 Å². The van der Waals surface area contributed by atoms with Crippen molar-refractivity contribution in [2.24, 2.45) is 17.8 Å². The third-order valence-corrected chi connectivity index (χ3v) is 13.5. The van der Waals surface area contributed by atoms with Gasteiger partial charge in [-0.05, 0) is 110 Å². The molecule has 1 heterocycles. The molecular weight excluding hydrogens is 949 g/mol. The van der Waals surface area contributed by atoms with Gasteiger partial charge in [-0.25, -0.2) is 14.4 Å². The first kappa shape index (κ1) is 63.8. The largest absolute Gasteiger partial charge is 0.456 e. The molecule has 1 aliphatic heterocycles. The average molecular weight is 1040 g/mol. The first-order chi connectivity index (χ1) is 34.7. The van der Waals surface area contributed by atoms with Crippen molar-refractivity contribution in [2.75, 3.05) is 47.8 Å². The number of cyclic esters (lactones) is 2. The molecule has 0 saturated heterocycles. The highest BCUT2D eigenvalue weighted by Gasteiger charge is 2.41. The summed E-state index contributed by atoms with van der Waals surface area (Å²) >= 11 is 0. The van der Waals surface area contributed by atoms with Crippen LogP contribution in [0.25, 0.3) is 0 Å². The number of esters is 2. The van der Waals surface area contributed by atoms with E-state index in [0.717, 1.165) is 37.1 Å². The Hall–Kier alpha value is -6.29. The second-order valence-corrected chi connectivity index (χ2v) is 20.7. The summed E-state index contributed by atoms with van der Waals surface area (Å²) < 4.78 is 18.2. The zero-order valence-corrected chi connectivity index (χ0v) is 46.7. The fourth-order valence-corrected chi connectivity index (χ4v) is 8.22. The fourth-order valence-electron chi connectivity index (χ4n) is 8.22. The van der Waals surface area contributed by atoms with E-state index in [1.54, 1.807) is 65.1 Å². The summed E-state index contributed by atoms with van der Waals surface area (Å²) in [4.78, 5) is 116. The highest BCUT2D eigenvalue weighted by molar-refractivity contribution is 5.96. The molecule has 74 heavy (non-hydrogen) atoms. The predicted octanol–water partition coefficient (Wildman–Crippen LogP) is 5.36. The van der Waals surface area contributed by atoms with Gasteiger partial charge in [0.15, 0.2) is 6.10 Å². The van der Waals surface area contributed by atoms with E-state index < -0.39 is 108 Å². The molecule has 19 heteroatoms. The lowest BCUT2D eigenvalue weighted by molar-refractivity contribution is -0.160. The zero-order valence-electron chi connectivity index (χ0n) is 46.7. The minimum atomic E-state index is -1.66. The molecule has 8 atom stereocenters. The van der Waals surface area contributed by atoms with Crippen molar-refractivity contribution in [2.45, 2.75) is 170 Å². The third kappa shape index (κ3) is 19.9. The average Bonchev–Trinajstić information content (AvgIpc) is 3.36. The van der Waals surface area contributed by atoms with Crippen molar-refractivity contribution in [3.63, 3.8) is 0 Å². The maximum atomic E-state index is 14.4. The molecule has 0 bridgehead atoms. The molecule has 1 aromatic carbocycles. The molecule has 2 rings (SSSR count). The smallest absolute Gasteiger partial charge is 0.409 e. The SMILES string of the molecule is C/C=C(\C)[C@H]1OC(=O)C(C)(C)NC(=O)[C@H]([C@H](C)CC)NC(=O)CN(C)C(=O)[C@@H](Cc2ccc(C#N)cc2)N(C)C(=O)[C@H](C)NC(=O)[C@H](CC(C)C)OC(=O)/C(C)=C\C[C@H](OC(=O)N(C)CCCCCCNC)[C@@H]1C. The van der Waals surface area contributed by atoms with Gasteiger partial charge in [0.05, 0.1) is 18.2 Å². The molecule has 6 amide bonds. The van der Waals surface area contributed by atoms with E-state index in [1.807, 2.05) is 27.8 Å². The number of unbranched alkanes of at least 4 members (excludes halogenated alkanes) is 3. The Labute approximate surface area is 439 Å². The van der Waals surface area contributed by atoms with Crippen molar-refractivity contribution >= 4 is 47.6 Å². The number of hydrogen-bond acceptors (Lipinski definition) is 13. The van der Waals surface area contributed by atoms with Crippen LogP contribution in [0, 0.1) is 29.1 Å². The van der Waals surface area contributed by atoms with Gasteiger partial charge in [-0.15, -0.1) is 0 Å². The molecular formula is C55H86N8O11. The number of nitrogens with one attached hydrogen (secondary N) is 4. The van der Waals surface area contributed by atoms with Crippen molar-refractivity contribution in [3.8, 4) is 6.07 Å². The van der Waals surface area contributed by atoms with E-state index in [1.165, 1.54) is 57.7 Å². The second-order valence-electron chi connectivity index (χ2n) is 20.7. The van der Waals surface area contributed by atoms with Gasteiger partial charge < -0.3 is 50.2 Å². The molecule has 19 nitrogen and oxygen atoms in total. The summed E-state index contributed by atoms with van der Waals surface area (Å²) in [7, 11) is 6.31. The first-order valence-electron chi connectivity index (χ1n) is 25.9. The number of likely N-dealkylation sites (N-methyl/N-ethyl adjacent to an activating group) is 2. The van der Waals surface area contributed by atoms with Gasteiger partial charge in [-0.3, -0.25) is 24.0 Å². The summed E-state index contributed by atoms with van der Waals surface area (Å²) in [6.45, 7) is 19.2. The molecule has 1 aromatic rings. The quantitative estimate of drug-likeness (QED) is 0.0750. The second kappa shape index (κ2) is 30.8. The van der Waals surface area contributed by atoms with E-state index in [2.05, 4.69) is 27.3 Å². The Morgan fingerprint density at radius 3 is 2.19 bits per heavy atom. The Morgan fingerprint density at radius 2 is 1.61 bits per heavy atom. The molecule has 0 unspecified atom stereocenters. The van der Waals surface area contributed by atoms with Gasteiger partial charge in [0.1, 0.15) is 35.9 Å². The van der Waals surface area contributed by atoms with Gasteiger partial charge in [0.2, 0.25) is 23.6 Å². The van der Waals surface area contributed by atoms with Gasteiger partial charge >= 0.3 is 18.0 Å². The number of benzene rings is 1. The number of amides is 6. The van der Waals surface area contributed by atoms with Crippen LogP contribution in [0.5, 0.6) is 0 Å². The Kier molecular flexibility index (Phi) is 26.6. The van der Waals surface area contributed by atoms with Crippen LogP contribution in [-0.4, -0.2) is 152 Å². The highest BCUT2D eigenvalue weighted by Crippen LogP contribution is 2.28. The molecule has 1 aliphatic rings. The minimum absolute atomic E-state index is 0.0381. The van der Waals surface area contributed by atoms with Crippen LogP contribution in [-0.2, 0) is 54.2 Å². The lowest BCUT2D eigenvalue weighted by Gasteiger charge is -2.35. The van der Waals surface area contributed by atoms with E-state index in [0.29, 0.717) is 29.7 Å². The first-order valence-corrected chi connectivity index (χ1v) is 25.9. The van der Waals surface area contributed by atoms with Gasteiger partial charge in [-0.1, -0.05) is 78.2 Å². The van der Waals surface area contributed by atoms with Crippen LogP contribution >= 0.6 is 0 Å². The molecule has 0 spiro atoms. The summed E-state index contributed by atoms with van der Waals surface area (Å²) in [6, 6.07) is 4.89. The Morgan fingerprint density at radius 1 is 0.973 bits per heavy atom. The summed E-state index contributed by atoms with van der Waals surface area (Å²) in [6.07, 6.45) is 3.44. The van der Waals surface area contributed by atoms with Crippen LogP contribution in [0.15, 0.2) is 47.6 Å². The number of hydrogen-bond donors (Lipinski definition) is 4. The summed E-state index contributed by atoms with van der Waals surface area (Å²) in [5.41, 5.74) is 0.0178. The van der Waals surface area contributed by atoms with Crippen LogP contribution in [0.3, 0.4) is 0 Å². The molecule has 0 fully saturated rings. The highest BCUT2D eigenvalue weighted by atomic mass is 16.6. The fraction of sp³-hybridized carbons (Fsp3) is 0.655. The Bertz CT molecular complexity index is 2190. The van der Waals surface area contributed by atoms with E-state index >= 15 is 0 Å². The van der Waals surface area contributed by atoms with Gasteiger partial charge in [-0.2, -0.15) is 5.26 Å². The number of carbonyl (C=O) groups is 8. The molecule has 4 N–H and O–H groups in total. The number of allylic oxidation sites excluding steroid dienone is 1. The number of ether oxygens (including phenoxy) is 3. The van der Waals surface area contributed by atoms with Crippen molar-refractivity contribution in [1.29, 1.82) is 5.26 Å². The molecule has 0 aromatic heterocycles. The topological polar surface area (TPSA) is 246 Å². The van der Waals surface area contributed by atoms with Crippen LogP contribution in [0.1, 0.15) is 132 Å². The standard InChI is InChI=1S/C55H86N8O11/c1-16-35(5)46-49(66)60-55(10,11)53(70)74-47(36(6)17-2)38(8)43(73-54(71)61(13)29-21-19-18-20-28-57-12)27-22-37(7)52(69)72-44(30-34(3)4)48(65)58-39(9)50(67)63(15)42(51(68)62(14)33-45(64)59-46)31-40-23-25-41(32-56)26-24-40/h17,22-26,34-35,38-39,42-44,46-47,57H,16,18-21,27-31,33H2,1-15H3,(H,58,65)(H,59,64)(H,60,66)/b36-17+,37-22-/t35-,38+,39+,42-,43+,44+,46+,47-/m1/s1. The molecule has 0 aliphatic carbocycles. The molecule has 0 radical (unpaired) electrons. The van der Waals surface area contributed by atoms with Crippen molar-refractivity contribution in [3.05, 3.63) is 58.7 Å². The number of nitrogens with zero attached hydrogens (tertiary/aromatic N) is 4. The van der Waals surface area contributed by atoms with E-state index in [9.17, 15) is 43.6 Å². The third-order valence-electron chi connectivity index (χ3n) is 13.5. The number of rotatable bonds is 15. The van der Waals surface area contributed by atoms with Crippen molar-refractivity contribution in [1.82, 2.24) is 36.0 Å². The summed E-state index contributed by atoms with van der Waals surface area (Å²) in [5.74, 6) is -6.40. The number of nitriles is 1. The van der Waals surface area contributed by atoms with E-state index in [4.69, 9.17) is 14.2 Å². The molecule has 0 saturated carbocycles.